The van der Waals surface area contributed by atoms with Crippen molar-refractivity contribution in [2.24, 2.45) is 11.1 Å². The van der Waals surface area contributed by atoms with Crippen LogP contribution in [0.3, 0.4) is 0 Å². The Labute approximate surface area is 139 Å². The molecule has 4 nitrogen and oxygen atoms in total. The lowest BCUT2D eigenvalue weighted by Gasteiger charge is -2.55. The van der Waals surface area contributed by atoms with Gasteiger partial charge in [-0.1, -0.05) is 44.2 Å². The predicted octanol–water partition coefficient (Wildman–Crippen LogP) is 2.66. The number of nitrogens with one attached hydrogen (secondary N) is 1. The van der Waals surface area contributed by atoms with Gasteiger partial charge in [-0.05, 0) is 38.2 Å². The third-order valence-corrected chi connectivity index (χ3v) is 5.42. The molecule has 2 rings (SSSR count). The monoisotopic (exact) mass is 318 g/mol. The van der Waals surface area contributed by atoms with E-state index >= 15 is 0 Å². The molecule has 0 radical (unpaired) electrons. The van der Waals surface area contributed by atoms with Gasteiger partial charge in [0.25, 0.3) is 0 Å². The maximum atomic E-state index is 12.5. The number of rotatable bonds is 8. The third kappa shape index (κ3) is 3.75. The van der Waals surface area contributed by atoms with Crippen molar-refractivity contribution in [3.63, 3.8) is 0 Å². The van der Waals surface area contributed by atoms with Crippen LogP contribution in [0.5, 0.6) is 0 Å². The summed E-state index contributed by atoms with van der Waals surface area (Å²) in [5.41, 5.74) is 7.24. The Morgan fingerprint density at radius 1 is 1.30 bits per heavy atom. The lowest BCUT2D eigenvalue weighted by molar-refractivity contribution is -0.149. The molecule has 0 spiro atoms. The molecule has 1 amide bonds. The van der Waals surface area contributed by atoms with Gasteiger partial charge in [0.1, 0.15) is 0 Å². The number of benzene rings is 1. The van der Waals surface area contributed by atoms with Gasteiger partial charge < -0.3 is 15.8 Å². The van der Waals surface area contributed by atoms with Gasteiger partial charge in [0.15, 0.2) is 0 Å². The van der Waals surface area contributed by atoms with Crippen molar-refractivity contribution in [2.75, 3.05) is 6.61 Å². The van der Waals surface area contributed by atoms with Gasteiger partial charge >= 0.3 is 0 Å². The standard InChI is InChI=1S/C19H30N2O2/c1-4-19(5-2)16(13-17(19)23-6-3)21-18(22)15(20)12-14-10-8-7-9-11-14/h7-11,15-17H,4-6,12-13,20H2,1-3H3,(H,21,22)/t15-,16?,17?/m0/s1. The number of hydrogen-bond acceptors (Lipinski definition) is 3. The van der Waals surface area contributed by atoms with Crippen LogP contribution in [0.4, 0.5) is 0 Å². The molecule has 0 aromatic heterocycles. The second-order valence-corrected chi connectivity index (χ2v) is 6.48. The summed E-state index contributed by atoms with van der Waals surface area (Å²) in [7, 11) is 0. The van der Waals surface area contributed by atoms with Gasteiger partial charge in [-0.15, -0.1) is 0 Å². The summed E-state index contributed by atoms with van der Waals surface area (Å²) < 4.78 is 5.86. The molecule has 1 aliphatic carbocycles. The summed E-state index contributed by atoms with van der Waals surface area (Å²) in [6.45, 7) is 7.10. The van der Waals surface area contributed by atoms with Crippen LogP contribution in [0.1, 0.15) is 45.6 Å². The average molecular weight is 318 g/mol. The van der Waals surface area contributed by atoms with Gasteiger partial charge in [-0.2, -0.15) is 0 Å². The number of amides is 1. The number of carbonyl (C=O) groups is 1. The fourth-order valence-corrected chi connectivity index (χ4v) is 3.82. The van der Waals surface area contributed by atoms with Crippen LogP contribution in [0.2, 0.25) is 0 Å². The Bertz CT molecular complexity index is 499. The minimum absolute atomic E-state index is 0.0537. The molecule has 0 bridgehead atoms. The van der Waals surface area contributed by atoms with E-state index in [1.54, 1.807) is 0 Å². The van der Waals surface area contributed by atoms with Crippen LogP contribution in [0.15, 0.2) is 30.3 Å². The van der Waals surface area contributed by atoms with E-state index in [-0.39, 0.29) is 23.5 Å². The highest BCUT2D eigenvalue weighted by atomic mass is 16.5. The molecule has 128 valence electrons. The second kappa shape index (κ2) is 7.93. The van der Waals surface area contributed by atoms with E-state index in [9.17, 15) is 4.79 Å². The second-order valence-electron chi connectivity index (χ2n) is 6.48. The molecule has 3 N–H and O–H groups in total. The van der Waals surface area contributed by atoms with Crippen molar-refractivity contribution < 1.29 is 9.53 Å². The largest absolute Gasteiger partial charge is 0.378 e. The van der Waals surface area contributed by atoms with E-state index in [0.29, 0.717) is 6.42 Å². The Balaban J connectivity index is 1.94. The first-order chi connectivity index (χ1) is 11.1. The summed E-state index contributed by atoms with van der Waals surface area (Å²) in [5.74, 6) is -0.0555. The molecule has 0 aliphatic heterocycles. The van der Waals surface area contributed by atoms with E-state index in [1.165, 1.54) is 0 Å². The number of carbonyl (C=O) groups excluding carboxylic acids is 1. The summed E-state index contributed by atoms with van der Waals surface area (Å²) in [4.78, 5) is 12.5. The summed E-state index contributed by atoms with van der Waals surface area (Å²) in [6.07, 6.45) is 3.72. The Morgan fingerprint density at radius 2 is 1.96 bits per heavy atom. The van der Waals surface area contributed by atoms with Crippen molar-refractivity contribution in [1.29, 1.82) is 0 Å². The lowest BCUT2D eigenvalue weighted by atomic mass is 9.58. The van der Waals surface area contributed by atoms with E-state index in [0.717, 1.165) is 31.4 Å². The molecule has 0 saturated heterocycles. The number of ether oxygens (including phenoxy) is 1. The molecule has 1 aromatic rings. The fraction of sp³-hybridized carbons (Fsp3) is 0.632. The molecular formula is C19H30N2O2. The zero-order chi connectivity index (χ0) is 16.9. The maximum absolute atomic E-state index is 12.5. The van der Waals surface area contributed by atoms with Crippen molar-refractivity contribution in [3.8, 4) is 0 Å². The Kier molecular flexibility index (Phi) is 6.19. The third-order valence-electron chi connectivity index (χ3n) is 5.42. The molecule has 2 unspecified atom stereocenters. The van der Waals surface area contributed by atoms with Gasteiger partial charge in [-0.3, -0.25) is 4.79 Å². The molecule has 23 heavy (non-hydrogen) atoms. The van der Waals surface area contributed by atoms with Crippen LogP contribution in [0.25, 0.3) is 0 Å². The van der Waals surface area contributed by atoms with Crippen molar-refractivity contribution in [2.45, 2.75) is 64.6 Å². The minimum atomic E-state index is -0.505. The fourth-order valence-electron chi connectivity index (χ4n) is 3.82. The minimum Gasteiger partial charge on any atom is -0.378 e. The van der Waals surface area contributed by atoms with Crippen LogP contribution < -0.4 is 11.1 Å². The highest BCUT2D eigenvalue weighted by Crippen LogP contribution is 2.48. The molecule has 1 aliphatic rings. The number of hydrogen-bond donors (Lipinski definition) is 2. The molecule has 1 fully saturated rings. The Morgan fingerprint density at radius 3 is 2.52 bits per heavy atom. The van der Waals surface area contributed by atoms with Crippen molar-refractivity contribution in [1.82, 2.24) is 5.32 Å². The average Bonchev–Trinajstić information content (AvgIpc) is 2.56. The first kappa shape index (κ1) is 18.0. The molecule has 3 atom stereocenters. The van der Waals surface area contributed by atoms with Crippen LogP contribution in [-0.2, 0) is 16.0 Å². The zero-order valence-corrected chi connectivity index (χ0v) is 14.5. The highest BCUT2D eigenvalue weighted by molar-refractivity contribution is 5.82. The van der Waals surface area contributed by atoms with Crippen LogP contribution in [-0.4, -0.2) is 30.7 Å². The smallest absolute Gasteiger partial charge is 0.237 e. The molecule has 1 saturated carbocycles. The lowest BCUT2D eigenvalue weighted by Crippen LogP contribution is -2.65. The topological polar surface area (TPSA) is 64.3 Å². The Hall–Kier alpha value is -1.39. The normalized spacial score (nSPS) is 23.8. The summed E-state index contributed by atoms with van der Waals surface area (Å²) in [5, 5.41) is 3.17. The summed E-state index contributed by atoms with van der Waals surface area (Å²) in [6, 6.07) is 9.58. The van der Waals surface area contributed by atoms with Gasteiger partial charge in [0, 0.05) is 18.1 Å². The van der Waals surface area contributed by atoms with E-state index in [2.05, 4.69) is 19.2 Å². The van der Waals surface area contributed by atoms with Gasteiger partial charge in [-0.25, -0.2) is 0 Å². The molecule has 1 aromatic carbocycles. The summed E-state index contributed by atoms with van der Waals surface area (Å²) >= 11 is 0. The first-order valence-corrected chi connectivity index (χ1v) is 8.78. The van der Waals surface area contributed by atoms with Gasteiger partial charge in [0.05, 0.1) is 12.1 Å². The highest BCUT2D eigenvalue weighted by Gasteiger charge is 2.53. The van der Waals surface area contributed by atoms with Crippen LogP contribution in [0, 0.1) is 5.41 Å². The van der Waals surface area contributed by atoms with Gasteiger partial charge in [0.2, 0.25) is 5.91 Å². The van der Waals surface area contributed by atoms with Crippen molar-refractivity contribution >= 4 is 5.91 Å². The SMILES string of the molecule is CCOC1CC(NC(=O)[C@@H](N)Cc2ccccc2)C1(CC)CC. The first-order valence-electron chi connectivity index (χ1n) is 8.78. The predicted molar refractivity (Wildman–Crippen MR) is 93.1 cm³/mol. The molecule has 4 heteroatoms. The maximum Gasteiger partial charge on any atom is 0.237 e. The van der Waals surface area contributed by atoms with E-state index in [1.807, 2.05) is 37.3 Å². The quantitative estimate of drug-likeness (QED) is 0.774. The van der Waals surface area contributed by atoms with Crippen LogP contribution >= 0.6 is 0 Å². The number of nitrogens with two attached hydrogens (primary N) is 1. The zero-order valence-electron chi connectivity index (χ0n) is 14.5. The van der Waals surface area contributed by atoms with E-state index in [4.69, 9.17) is 10.5 Å². The molecular weight excluding hydrogens is 288 g/mol. The van der Waals surface area contributed by atoms with Crippen molar-refractivity contribution in [3.05, 3.63) is 35.9 Å². The molecule has 0 heterocycles. The van der Waals surface area contributed by atoms with E-state index < -0.39 is 6.04 Å².